The molecule has 1 heterocycles. The van der Waals surface area contributed by atoms with Crippen LogP contribution >= 0.6 is 0 Å². The van der Waals surface area contributed by atoms with Crippen LogP contribution in [0.4, 0.5) is 0 Å². The molecule has 3 aromatic carbocycles. The van der Waals surface area contributed by atoms with Crippen LogP contribution in [0.15, 0.2) is 103 Å². The number of H-pyrrole nitrogens is 1. The molecule has 0 amide bonds. The fraction of sp³-hybridized carbons (Fsp3) is 0.276. The molecule has 2 N–H and O–H groups in total. The normalized spacial score (nSPS) is 13.0. The monoisotopic (exact) mass is 456 g/mol. The van der Waals surface area contributed by atoms with Crippen molar-refractivity contribution >= 4 is 0 Å². The molecule has 0 aliphatic heterocycles. The van der Waals surface area contributed by atoms with E-state index in [0.717, 1.165) is 22.5 Å². The van der Waals surface area contributed by atoms with Crippen LogP contribution in [0.25, 0.3) is 0 Å². The smallest absolute Gasteiger partial charge is 0.185 e. The molecule has 0 fully saturated rings. The summed E-state index contributed by atoms with van der Waals surface area (Å²) in [6.07, 6.45) is 4.22. The Balaban J connectivity index is 1.87. The van der Waals surface area contributed by atoms with Gasteiger partial charge in [0.25, 0.3) is 0 Å². The van der Waals surface area contributed by atoms with Gasteiger partial charge in [-0.2, -0.15) is 0 Å². The minimum Gasteiger partial charge on any atom is -0.393 e. The fourth-order valence-electron chi connectivity index (χ4n) is 5.10. The number of imidazole rings is 1. The number of aromatic nitrogens is 2. The lowest BCUT2D eigenvalue weighted by molar-refractivity contribution is -0.241. The summed E-state index contributed by atoms with van der Waals surface area (Å²) in [5.74, 6) is -0.338. The molecule has 0 aliphatic carbocycles. The van der Waals surface area contributed by atoms with Gasteiger partial charge in [0.1, 0.15) is 5.82 Å². The highest BCUT2D eigenvalue weighted by Gasteiger charge is 2.56. The molecule has 0 bridgehead atoms. The van der Waals surface area contributed by atoms with Crippen LogP contribution in [0.5, 0.6) is 0 Å². The van der Waals surface area contributed by atoms with Gasteiger partial charge in [-0.05, 0) is 23.1 Å². The summed E-state index contributed by atoms with van der Waals surface area (Å²) in [4.78, 5) is 7.32. The van der Waals surface area contributed by atoms with Crippen molar-refractivity contribution in [2.45, 2.75) is 36.6 Å². The van der Waals surface area contributed by atoms with Crippen molar-refractivity contribution in [3.63, 3.8) is 0 Å². The Hall–Kier alpha value is -3.25. The largest absolute Gasteiger partial charge is 0.393 e. The molecule has 0 aliphatic rings. The molecule has 1 atom stereocenters. The molecule has 1 unspecified atom stereocenters. The van der Waals surface area contributed by atoms with Crippen LogP contribution in [0.2, 0.25) is 0 Å². The molecule has 0 spiro atoms. The van der Waals surface area contributed by atoms with E-state index < -0.39 is 17.3 Å². The van der Waals surface area contributed by atoms with Crippen LogP contribution in [-0.4, -0.2) is 41.2 Å². The number of benzene rings is 3. The van der Waals surface area contributed by atoms with E-state index in [2.05, 4.69) is 46.4 Å². The van der Waals surface area contributed by atoms with Crippen molar-refractivity contribution in [3.05, 3.63) is 126 Å². The van der Waals surface area contributed by atoms with E-state index in [0.29, 0.717) is 19.3 Å². The molecule has 1 aromatic heterocycles. The van der Waals surface area contributed by atoms with Crippen molar-refractivity contribution in [2.75, 3.05) is 14.2 Å². The molecular formula is C29H32N2O3. The number of aromatic amines is 1. The van der Waals surface area contributed by atoms with E-state index in [1.54, 1.807) is 26.6 Å². The number of hydrogen-bond acceptors (Lipinski definition) is 4. The average Bonchev–Trinajstić information content (AvgIpc) is 3.41. The Morgan fingerprint density at radius 2 is 1.26 bits per heavy atom. The summed E-state index contributed by atoms with van der Waals surface area (Å²) in [5.41, 5.74) is 2.37. The summed E-state index contributed by atoms with van der Waals surface area (Å²) in [6, 6.07) is 31.0. The molecule has 0 saturated carbocycles. The van der Waals surface area contributed by atoms with E-state index in [9.17, 15) is 5.11 Å². The van der Waals surface area contributed by atoms with Crippen LogP contribution in [-0.2, 0) is 21.3 Å². The summed E-state index contributed by atoms with van der Waals surface area (Å²) in [7, 11) is 3.37. The minimum atomic E-state index is -1.10. The molecule has 34 heavy (non-hydrogen) atoms. The van der Waals surface area contributed by atoms with Crippen molar-refractivity contribution in [2.24, 2.45) is 0 Å². The first kappa shape index (κ1) is 23.9. The lowest BCUT2D eigenvalue weighted by atomic mass is 9.62. The highest BCUT2D eigenvalue weighted by Crippen LogP contribution is 2.51. The van der Waals surface area contributed by atoms with E-state index >= 15 is 0 Å². The van der Waals surface area contributed by atoms with Crippen molar-refractivity contribution < 1.29 is 14.6 Å². The number of rotatable bonds is 11. The third kappa shape index (κ3) is 4.42. The average molecular weight is 457 g/mol. The minimum absolute atomic E-state index is 0.436. The second kappa shape index (κ2) is 10.8. The maximum atomic E-state index is 10.9. The van der Waals surface area contributed by atoms with Crippen molar-refractivity contribution in [1.82, 2.24) is 9.97 Å². The Bertz CT molecular complexity index is 1020. The second-order valence-corrected chi connectivity index (χ2v) is 8.44. The maximum Gasteiger partial charge on any atom is 0.185 e. The predicted molar refractivity (Wildman–Crippen MR) is 133 cm³/mol. The van der Waals surface area contributed by atoms with Crippen LogP contribution in [0, 0.1) is 0 Å². The third-order valence-corrected chi connectivity index (χ3v) is 6.64. The van der Waals surface area contributed by atoms with Gasteiger partial charge in [0.05, 0.1) is 11.5 Å². The van der Waals surface area contributed by atoms with Crippen LogP contribution in [0.1, 0.15) is 35.4 Å². The molecule has 0 saturated heterocycles. The van der Waals surface area contributed by atoms with E-state index in [1.807, 2.05) is 54.6 Å². The topological polar surface area (TPSA) is 67.4 Å². The SMILES string of the molecule is COC(CCC(O)Cc1ncc[nH]1)(OC)C(c1ccccc1)(c1ccccc1)c1ccccc1. The summed E-state index contributed by atoms with van der Waals surface area (Å²) < 4.78 is 12.7. The third-order valence-electron chi connectivity index (χ3n) is 6.64. The highest BCUT2D eigenvalue weighted by atomic mass is 16.7. The van der Waals surface area contributed by atoms with Crippen molar-refractivity contribution in [1.29, 1.82) is 0 Å². The van der Waals surface area contributed by atoms with Crippen LogP contribution < -0.4 is 0 Å². The van der Waals surface area contributed by atoms with E-state index in [1.165, 1.54) is 0 Å². The zero-order valence-corrected chi connectivity index (χ0v) is 19.7. The quantitative estimate of drug-likeness (QED) is 0.243. The number of hydrogen-bond donors (Lipinski definition) is 2. The van der Waals surface area contributed by atoms with Gasteiger partial charge in [-0.3, -0.25) is 0 Å². The fourth-order valence-corrected chi connectivity index (χ4v) is 5.10. The van der Waals surface area contributed by atoms with Gasteiger partial charge in [0.2, 0.25) is 0 Å². The number of ether oxygens (including phenoxy) is 2. The summed E-state index contributed by atoms with van der Waals surface area (Å²) in [5, 5.41) is 10.9. The molecule has 5 heteroatoms. The summed E-state index contributed by atoms with van der Waals surface area (Å²) in [6.45, 7) is 0. The molecule has 5 nitrogen and oxygen atoms in total. The predicted octanol–water partition coefficient (Wildman–Crippen LogP) is 5.12. The Labute approximate surface area is 201 Å². The zero-order chi connectivity index (χ0) is 23.9. The molecule has 176 valence electrons. The van der Waals surface area contributed by atoms with E-state index in [-0.39, 0.29) is 0 Å². The van der Waals surface area contributed by atoms with Gasteiger partial charge in [-0.1, -0.05) is 91.0 Å². The highest BCUT2D eigenvalue weighted by molar-refractivity contribution is 5.53. The zero-order valence-electron chi connectivity index (χ0n) is 19.7. The number of nitrogens with zero attached hydrogens (tertiary/aromatic N) is 1. The summed E-state index contributed by atoms with van der Waals surface area (Å²) >= 11 is 0. The molecule has 4 rings (SSSR count). The lowest BCUT2D eigenvalue weighted by Crippen LogP contribution is -2.56. The Morgan fingerprint density at radius 1 is 0.794 bits per heavy atom. The number of methoxy groups -OCH3 is 2. The standard InChI is InChI=1S/C29H32N2O3/c1-33-28(34-2,19-18-26(32)22-27-30-20-21-31-27)29(23-12-6-3-7-13-23,24-14-8-4-9-15-24)25-16-10-5-11-17-25/h3-17,20-21,26,32H,18-19,22H2,1-2H3,(H,30,31). The number of aliphatic hydroxyl groups excluding tert-OH is 1. The van der Waals surface area contributed by atoms with Gasteiger partial charge in [0.15, 0.2) is 5.79 Å². The Kier molecular flexibility index (Phi) is 7.58. The first-order valence-corrected chi connectivity index (χ1v) is 11.6. The number of aliphatic hydroxyl groups is 1. The Morgan fingerprint density at radius 3 is 1.65 bits per heavy atom. The van der Waals surface area contributed by atoms with Crippen LogP contribution in [0.3, 0.4) is 0 Å². The number of nitrogens with one attached hydrogen (secondary N) is 1. The van der Waals surface area contributed by atoms with Crippen molar-refractivity contribution in [3.8, 4) is 0 Å². The molecule has 4 aromatic rings. The lowest BCUT2D eigenvalue weighted by Gasteiger charge is -2.50. The van der Waals surface area contributed by atoms with Gasteiger partial charge in [-0.25, -0.2) is 4.98 Å². The molecule has 0 radical (unpaired) electrons. The first-order chi connectivity index (χ1) is 16.7. The van der Waals surface area contributed by atoms with Gasteiger partial charge >= 0.3 is 0 Å². The van der Waals surface area contributed by atoms with E-state index in [4.69, 9.17) is 9.47 Å². The second-order valence-electron chi connectivity index (χ2n) is 8.44. The van der Waals surface area contributed by atoms with Gasteiger partial charge in [-0.15, -0.1) is 0 Å². The maximum absolute atomic E-state index is 10.9. The van der Waals surface area contributed by atoms with Gasteiger partial charge in [0, 0.05) is 39.5 Å². The van der Waals surface area contributed by atoms with Gasteiger partial charge < -0.3 is 19.6 Å². The molecular weight excluding hydrogens is 424 g/mol. The first-order valence-electron chi connectivity index (χ1n) is 11.6.